The lowest BCUT2D eigenvalue weighted by Gasteiger charge is -2.21. The lowest BCUT2D eigenvalue weighted by molar-refractivity contribution is 0.188. The molecule has 3 N–H and O–H groups in total. The molecule has 0 heterocycles. The molecule has 3 nitrogen and oxygen atoms in total. The molecule has 0 aromatic heterocycles. The van der Waals surface area contributed by atoms with Crippen LogP contribution in [0.5, 0.6) is 5.75 Å². The second kappa shape index (κ2) is 5.87. The second-order valence-corrected chi connectivity index (χ2v) is 4.58. The molecule has 0 fully saturated rings. The number of aryl methyl sites for hydroxylation is 1. The summed E-state index contributed by atoms with van der Waals surface area (Å²) in [6.45, 7) is 4.54. The molecular weight excluding hydrogens is 202 g/mol. The van der Waals surface area contributed by atoms with Crippen molar-refractivity contribution < 1.29 is 9.84 Å². The normalized spacial score (nSPS) is 14.5. The summed E-state index contributed by atoms with van der Waals surface area (Å²) in [5.74, 6) is 0.883. The van der Waals surface area contributed by atoms with Gasteiger partial charge in [-0.2, -0.15) is 0 Å². The first-order valence-corrected chi connectivity index (χ1v) is 5.63. The van der Waals surface area contributed by atoms with Gasteiger partial charge in [-0.05, 0) is 38.8 Å². The highest BCUT2D eigenvalue weighted by molar-refractivity contribution is 5.26. The van der Waals surface area contributed by atoms with Crippen molar-refractivity contribution in [1.29, 1.82) is 0 Å². The molecule has 1 atom stereocenters. The fraction of sp³-hybridized carbons (Fsp3) is 0.538. The third-order valence-electron chi connectivity index (χ3n) is 2.54. The first kappa shape index (κ1) is 13.0. The molecule has 0 amide bonds. The summed E-state index contributed by atoms with van der Waals surface area (Å²) < 4.78 is 5.56. The average molecular weight is 223 g/mol. The van der Waals surface area contributed by atoms with E-state index in [0.717, 1.165) is 18.6 Å². The van der Waals surface area contributed by atoms with Crippen LogP contribution in [0.25, 0.3) is 0 Å². The minimum absolute atomic E-state index is 0.0114. The highest BCUT2D eigenvalue weighted by Gasteiger charge is 2.15. The van der Waals surface area contributed by atoms with Crippen molar-refractivity contribution in [1.82, 2.24) is 0 Å². The Morgan fingerprint density at radius 3 is 2.50 bits per heavy atom. The van der Waals surface area contributed by atoms with Crippen LogP contribution >= 0.6 is 0 Å². The zero-order chi connectivity index (χ0) is 12.0. The predicted molar refractivity (Wildman–Crippen MR) is 65.6 cm³/mol. The summed E-state index contributed by atoms with van der Waals surface area (Å²) in [4.78, 5) is 0. The molecule has 1 unspecified atom stereocenters. The Morgan fingerprint density at radius 2 is 1.94 bits per heavy atom. The molecule has 0 aliphatic rings. The summed E-state index contributed by atoms with van der Waals surface area (Å²) in [6.07, 6.45) is 1.61. The van der Waals surface area contributed by atoms with Crippen LogP contribution in [0, 0.1) is 6.92 Å². The molecule has 1 aromatic rings. The van der Waals surface area contributed by atoms with Crippen LogP contribution in [0.1, 0.15) is 25.3 Å². The van der Waals surface area contributed by atoms with Gasteiger partial charge in [-0.1, -0.05) is 17.7 Å². The number of ether oxygens (including phenoxy) is 1. The fourth-order valence-corrected chi connectivity index (χ4v) is 1.38. The highest BCUT2D eigenvalue weighted by Crippen LogP contribution is 2.13. The number of rotatable bonds is 6. The van der Waals surface area contributed by atoms with Gasteiger partial charge in [0.2, 0.25) is 0 Å². The Morgan fingerprint density at radius 1 is 1.31 bits per heavy atom. The van der Waals surface area contributed by atoms with Gasteiger partial charge in [0, 0.05) is 5.54 Å². The van der Waals surface area contributed by atoms with E-state index < -0.39 is 5.54 Å². The molecule has 0 saturated heterocycles. The van der Waals surface area contributed by atoms with E-state index in [2.05, 4.69) is 0 Å². The Kier molecular flexibility index (Phi) is 4.77. The molecule has 90 valence electrons. The number of benzene rings is 1. The summed E-state index contributed by atoms with van der Waals surface area (Å²) in [5, 5.41) is 8.98. The Bertz CT molecular complexity index is 306. The van der Waals surface area contributed by atoms with Crippen LogP contribution in [-0.4, -0.2) is 23.9 Å². The van der Waals surface area contributed by atoms with Crippen molar-refractivity contribution in [2.75, 3.05) is 13.2 Å². The van der Waals surface area contributed by atoms with Crippen molar-refractivity contribution in [3.63, 3.8) is 0 Å². The quantitative estimate of drug-likeness (QED) is 0.724. The minimum atomic E-state index is -0.489. The Labute approximate surface area is 97.2 Å². The summed E-state index contributed by atoms with van der Waals surface area (Å²) in [5.41, 5.74) is 6.54. The van der Waals surface area contributed by atoms with E-state index >= 15 is 0 Å². The zero-order valence-electron chi connectivity index (χ0n) is 10.1. The molecule has 0 spiro atoms. The van der Waals surface area contributed by atoms with E-state index in [1.165, 1.54) is 5.56 Å². The lowest BCUT2D eigenvalue weighted by atomic mass is 9.99. The predicted octanol–water partition coefficient (Wildman–Crippen LogP) is 1.86. The first-order valence-electron chi connectivity index (χ1n) is 5.63. The number of hydrogen-bond acceptors (Lipinski definition) is 3. The van der Waals surface area contributed by atoms with Gasteiger partial charge < -0.3 is 15.6 Å². The van der Waals surface area contributed by atoms with Gasteiger partial charge in [0.05, 0.1) is 13.2 Å². The summed E-state index contributed by atoms with van der Waals surface area (Å²) in [7, 11) is 0. The summed E-state index contributed by atoms with van der Waals surface area (Å²) in [6, 6.07) is 7.97. The molecule has 1 aromatic carbocycles. The van der Waals surface area contributed by atoms with Gasteiger partial charge in [-0.3, -0.25) is 0 Å². The van der Waals surface area contributed by atoms with Gasteiger partial charge in [-0.15, -0.1) is 0 Å². The number of nitrogens with two attached hydrogens (primary N) is 1. The third kappa shape index (κ3) is 4.64. The van der Waals surface area contributed by atoms with Gasteiger partial charge in [0.25, 0.3) is 0 Å². The van der Waals surface area contributed by atoms with Crippen LogP contribution in [-0.2, 0) is 0 Å². The first-order chi connectivity index (χ1) is 7.53. The maximum absolute atomic E-state index is 8.98. The number of aliphatic hydroxyl groups excluding tert-OH is 1. The van der Waals surface area contributed by atoms with Crippen LogP contribution in [0.2, 0.25) is 0 Å². The maximum atomic E-state index is 8.98. The van der Waals surface area contributed by atoms with E-state index in [-0.39, 0.29) is 6.61 Å². The van der Waals surface area contributed by atoms with Crippen LogP contribution in [0.4, 0.5) is 0 Å². The maximum Gasteiger partial charge on any atom is 0.119 e. The van der Waals surface area contributed by atoms with Crippen LogP contribution < -0.4 is 10.5 Å². The number of hydrogen-bond donors (Lipinski definition) is 2. The third-order valence-corrected chi connectivity index (χ3v) is 2.54. The van der Waals surface area contributed by atoms with E-state index in [4.69, 9.17) is 15.6 Å². The topological polar surface area (TPSA) is 55.5 Å². The van der Waals surface area contributed by atoms with Gasteiger partial charge in [-0.25, -0.2) is 0 Å². The second-order valence-electron chi connectivity index (χ2n) is 4.58. The molecule has 0 radical (unpaired) electrons. The van der Waals surface area contributed by atoms with Gasteiger partial charge >= 0.3 is 0 Å². The van der Waals surface area contributed by atoms with Crippen molar-refractivity contribution in [2.24, 2.45) is 5.73 Å². The highest BCUT2D eigenvalue weighted by atomic mass is 16.5. The molecule has 3 heteroatoms. The Balaban J connectivity index is 2.23. The standard InChI is InChI=1S/C13H21NO2/c1-11-4-6-12(7-5-11)16-9-3-8-13(2,14)10-15/h4-7,15H,3,8-10,14H2,1-2H3. The summed E-state index contributed by atoms with van der Waals surface area (Å²) >= 11 is 0. The fourth-order valence-electron chi connectivity index (χ4n) is 1.38. The molecule has 0 bridgehead atoms. The zero-order valence-corrected chi connectivity index (χ0v) is 10.1. The minimum Gasteiger partial charge on any atom is -0.494 e. The van der Waals surface area contributed by atoms with Crippen LogP contribution in [0.3, 0.4) is 0 Å². The smallest absolute Gasteiger partial charge is 0.119 e. The van der Waals surface area contributed by atoms with E-state index in [0.29, 0.717) is 6.61 Å². The average Bonchev–Trinajstić information content (AvgIpc) is 2.27. The molecule has 0 aliphatic heterocycles. The number of aliphatic hydroxyl groups is 1. The van der Waals surface area contributed by atoms with E-state index in [1.807, 2.05) is 38.1 Å². The monoisotopic (exact) mass is 223 g/mol. The van der Waals surface area contributed by atoms with Crippen molar-refractivity contribution in [2.45, 2.75) is 32.2 Å². The van der Waals surface area contributed by atoms with E-state index in [9.17, 15) is 0 Å². The van der Waals surface area contributed by atoms with Crippen molar-refractivity contribution in [3.8, 4) is 5.75 Å². The van der Waals surface area contributed by atoms with Gasteiger partial charge in [0.1, 0.15) is 5.75 Å². The SMILES string of the molecule is Cc1ccc(OCCCC(C)(N)CO)cc1. The van der Waals surface area contributed by atoms with Crippen molar-refractivity contribution in [3.05, 3.63) is 29.8 Å². The van der Waals surface area contributed by atoms with Crippen LogP contribution in [0.15, 0.2) is 24.3 Å². The molecular formula is C13H21NO2. The van der Waals surface area contributed by atoms with E-state index in [1.54, 1.807) is 0 Å². The lowest BCUT2D eigenvalue weighted by Crippen LogP contribution is -2.40. The molecule has 0 saturated carbocycles. The molecule has 16 heavy (non-hydrogen) atoms. The Hall–Kier alpha value is -1.06. The molecule has 1 rings (SSSR count). The van der Waals surface area contributed by atoms with Gasteiger partial charge in [0.15, 0.2) is 0 Å². The van der Waals surface area contributed by atoms with Crippen molar-refractivity contribution >= 4 is 0 Å². The molecule has 0 aliphatic carbocycles. The largest absolute Gasteiger partial charge is 0.494 e.